The monoisotopic (exact) mass is 377 g/mol. The SMILES string of the molecule is COc1c(Br)cc(Br)cc1CNCC1CC(O)C1. The van der Waals surface area contributed by atoms with Gasteiger partial charge in [-0.05, 0) is 53.4 Å². The van der Waals surface area contributed by atoms with Gasteiger partial charge in [-0.3, -0.25) is 0 Å². The van der Waals surface area contributed by atoms with E-state index in [1.165, 1.54) is 0 Å². The van der Waals surface area contributed by atoms with Crippen molar-refractivity contribution < 1.29 is 9.84 Å². The summed E-state index contributed by atoms with van der Waals surface area (Å²) in [5.41, 5.74) is 1.12. The molecule has 0 spiro atoms. The third-order valence-corrected chi connectivity index (χ3v) is 4.30. The van der Waals surface area contributed by atoms with Crippen molar-refractivity contribution in [3.8, 4) is 5.75 Å². The highest BCUT2D eigenvalue weighted by atomic mass is 79.9. The highest BCUT2D eigenvalue weighted by Crippen LogP contribution is 2.33. The molecular formula is C13H17Br2NO2. The number of rotatable bonds is 5. The first-order chi connectivity index (χ1) is 8.60. The van der Waals surface area contributed by atoms with Crippen LogP contribution in [0.3, 0.4) is 0 Å². The molecule has 100 valence electrons. The highest BCUT2D eigenvalue weighted by Gasteiger charge is 2.26. The number of nitrogens with one attached hydrogen (secondary N) is 1. The van der Waals surface area contributed by atoms with Gasteiger partial charge in [0.25, 0.3) is 0 Å². The quantitative estimate of drug-likeness (QED) is 0.827. The Morgan fingerprint density at radius 1 is 1.39 bits per heavy atom. The Hall–Kier alpha value is -0.100. The van der Waals surface area contributed by atoms with E-state index in [4.69, 9.17) is 4.74 Å². The van der Waals surface area contributed by atoms with Gasteiger partial charge in [-0.25, -0.2) is 0 Å². The van der Waals surface area contributed by atoms with E-state index in [1.54, 1.807) is 7.11 Å². The Balaban J connectivity index is 1.91. The Morgan fingerprint density at radius 3 is 2.72 bits per heavy atom. The number of methoxy groups -OCH3 is 1. The molecular weight excluding hydrogens is 362 g/mol. The normalized spacial score (nSPS) is 22.7. The van der Waals surface area contributed by atoms with Gasteiger partial charge in [0.15, 0.2) is 0 Å². The van der Waals surface area contributed by atoms with Crippen molar-refractivity contribution in [2.24, 2.45) is 5.92 Å². The fourth-order valence-corrected chi connectivity index (χ4v) is 3.73. The topological polar surface area (TPSA) is 41.5 Å². The average Bonchev–Trinajstić information content (AvgIpc) is 2.26. The first-order valence-corrected chi connectivity index (χ1v) is 7.59. The number of hydrogen-bond donors (Lipinski definition) is 2. The van der Waals surface area contributed by atoms with Crippen molar-refractivity contribution in [1.29, 1.82) is 0 Å². The lowest BCUT2D eigenvalue weighted by molar-refractivity contribution is 0.0429. The van der Waals surface area contributed by atoms with Crippen molar-refractivity contribution >= 4 is 31.9 Å². The van der Waals surface area contributed by atoms with Crippen LogP contribution < -0.4 is 10.1 Å². The molecule has 3 nitrogen and oxygen atoms in total. The fraction of sp³-hybridized carbons (Fsp3) is 0.538. The van der Waals surface area contributed by atoms with Crippen molar-refractivity contribution in [2.45, 2.75) is 25.5 Å². The van der Waals surface area contributed by atoms with Crippen LogP contribution in [0.2, 0.25) is 0 Å². The van der Waals surface area contributed by atoms with Crippen LogP contribution in [0.4, 0.5) is 0 Å². The molecule has 1 aromatic rings. The number of halogens is 2. The number of benzene rings is 1. The standard InChI is InChI=1S/C13H17Br2NO2/c1-18-13-9(4-10(14)5-12(13)15)7-16-6-8-2-11(17)3-8/h4-5,8,11,16-17H,2-3,6-7H2,1H3. The molecule has 0 bridgehead atoms. The number of aliphatic hydroxyl groups is 1. The maximum absolute atomic E-state index is 9.23. The molecule has 0 aromatic heterocycles. The van der Waals surface area contributed by atoms with E-state index in [9.17, 15) is 5.11 Å². The molecule has 0 aliphatic heterocycles. The van der Waals surface area contributed by atoms with Crippen LogP contribution in [-0.4, -0.2) is 24.9 Å². The van der Waals surface area contributed by atoms with Crippen LogP contribution in [0.1, 0.15) is 18.4 Å². The summed E-state index contributed by atoms with van der Waals surface area (Å²) in [6.07, 6.45) is 1.77. The van der Waals surface area contributed by atoms with E-state index < -0.39 is 0 Å². The van der Waals surface area contributed by atoms with Gasteiger partial charge in [-0.1, -0.05) is 15.9 Å². The molecule has 0 saturated heterocycles. The summed E-state index contributed by atoms with van der Waals surface area (Å²) >= 11 is 6.98. The van der Waals surface area contributed by atoms with Gasteiger partial charge in [0.1, 0.15) is 5.75 Å². The zero-order chi connectivity index (χ0) is 13.1. The van der Waals surface area contributed by atoms with Crippen LogP contribution in [0.15, 0.2) is 21.1 Å². The first kappa shape index (κ1) is 14.3. The lowest BCUT2D eigenvalue weighted by Crippen LogP contribution is -2.35. The summed E-state index contributed by atoms with van der Waals surface area (Å²) in [6, 6.07) is 4.04. The molecule has 1 aliphatic rings. The van der Waals surface area contributed by atoms with Gasteiger partial charge >= 0.3 is 0 Å². The largest absolute Gasteiger partial charge is 0.495 e. The van der Waals surface area contributed by atoms with Gasteiger partial charge in [-0.15, -0.1) is 0 Å². The van der Waals surface area contributed by atoms with Gasteiger partial charge < -0.3 is 15.2 Å². The average molecular weight is 379 g/mol. The van der Waals surface area contributed by atoms with E-state index in [2.05, 4.69) is 43.2 Å². The van der Waals surface area contributed by atoms with Crippen LogP contribution in [-0.2, 0) is 6.54 Å². The summed E-state index contributed by atoms with van der Waals surface area (Å²) < 4.78 is 7.39. The van der Waals surface area contributed by atoms with Gasteiger partial charge in [0.2, 0.25) is 0 Å². The summed E-state index contributed by atoms with van der Waals surface area (Å²) in [5.74, 6) is 1.49. The maximum Gasteiger partial charge on any atom is 0.137 e. The first-order valence-electron chi connectivity index (χ1n) is 6.01. The molecule has 0 radical (unpaired) electrons. The molecule has 0 atom stereocenters. The lowest BCUT2D eigenvalue weighted by atomic mass is 9.82. The van der Waals surface area contributed by atoms with E-state index in [1.807, 2.05) is 6.07 Å². The van der Waals surface area contributed by atoms with Crippen LogP contribution in [0, 0.1) is 5.92 Å². The predicted octanol–water partition coefficient (Wildman–Crippen LogP) is 3.08. The lowest BCUT2D eigenvalue weighted by Gasteiger charge is -2.31. The minimum absolute atomic E-state index is 0.0775. The van der Waals surface area contributed by atoms with Crippen molar-refractivity contribution in [3.63, 3.8) is 0 Å². The Bertz CT molecular complexity index is 420. The number of hydrogen-bond acceptors (Lipinski definition) is 3. The third kappa shape index (κ3) is 3.47. The Morgan fingerprint density at radius 2 is 2.11 bits per heavy atom. The minimum Gasteiger partial charge on any atom is -0.495 e. The molecule has 0 amide bonds. The zero-order valence-corrected chi connectivity index (χ0v) is 13.4. The van der Waals surface area contributed by atoms with Gasteiger partial charge in [0, 0.05) is 16.6 Å². The molecule has 1 saturated carbocycles. The summed E-state index contributed by atoms with van der Waals surface area (Å²) in [7, 11) is 1.68. The molecule has 2 N–H and O–H groups in total. The zero-order valence-electron chi connectivity index (χ0n) is 10.2. The second kappa shape index (κ2) is 6.37. The molecule has 0 heterocycles. The van der Waals surface area contributed by atoms with E-state index in [0.717, 1.165) is 46.2 Å². The van der Waals surface area contributed by atoms with Crippen molar-refractivity contribution in [1.82, 2.24) is 5.32 Å². The second-order valence-corrected chi connectivity index (χ2v) is 6.47. The van der Waals surface area contributed by atoms with Crippen LogP contribution in [0.25, 0.3) is 0 Å². The summed E-state index contributed by atoms with van der Waals surface area (Å²) in [5, 5.41) is 12.7. The fourth-order valence-electron chi connectivity index (χ4n) is 2.25. The molecule has 1 fully saturated rings. The van der Waals surface area contributed by atoms with Gasteiger partial charge in [-0.2, -0.15) is 0 Å². The van der Waals surface area contributed by atoms with Crippen LogP contribution >= 0.6 is 31.9 Å². The van der Waals surface area contributed by atoms with E-state index in [0.29, 0.717) is 5.92 Å². The van der Waals surface area contributed by atoms with E-state index in [-0.39, 0.29) is 6.10 Å². The second-order valence-electron chi connectivity index (χ2n) is 4.70. The molecule has 0 unspecified atom stereocenters. The highest BCUT2D eigenvalue weighted by molar-refractivity contribution is 9.11. The molecule has 1 aliphatic carbocycles. The number of aliphatic hydroxyl groups excluding tert-OH is 1. The third-order valence-electron chi connectivity index (χ3n) is 3.25. The smallest absolute Gasteiger partial charge is 0.137 e. The molecule has 2 rings (SSSR count). The summed E-state index contributed by atoms with van der Waals surface area (Å²) in [4.78, 5) is 0. The predicted molar refractivity (Wildman–Crippen MR) is 78.8 cm³/mol. The van der Waals surface area contributed by atoms with Crippen molar-refractivity contribution in [3.05, 3.63) is 26.6 Å². The van der Waals surface area contributed by atoms with E-state index >= 15 is 0 Å². The van der Waals surface area contributed by atoms with Crippen molar-refractivity contribution in [2.75, 3.05) is 13.7 Å². The minimum atomic E-state index is -0.0775. The molecule has 5 heteroatoms. The Kier molecular flexibility index (Phi) is 5.06. The van der Waals surface area contributed by atoms with Gasteiger partial charge in [0.05, 0.1) is 17.7 Å². The molecule has 18 heavy (non-hydrogen) atoms. The maximum atomic E-state index is 9.23. The molecule has 1 aromatic carbocycles. The number of ether oxygens (including phenoxy) is 1. The summed E-state index contributed by atoms with van der Waals surface area (Å²) in [6.45, 7) is 1.72. The van der Waals surface area contributed by atoms with Crippen LogP contribution in [0.5, 0.6) is 5.75 Å². The Labute approximate surface area is 124 Å².